The molecule has 1 N–H and O–H groups in total. The maximum absolute atomic E-state index is 11.9. The lowest BCUT2D eigenvalue weighted by atomic mass is 10.0. The highest BCUT2D eigenvalue weighted by atomic mass is 32.3. The summed E-state index contributed by atoms with van der Waals surface area (Å²) in [6.07, 6.45) is 10.4. The number of hydrogen-bond donors (Lipinski definition) is 1. The molecule has 27 heavy (non-hydrogen) atoms. The zero-order valence-corrected chi connectivity index (χ0v) is 17.6. The van der Waals surface area contributed by atoms with Crippen molar-refractivity contribution in [3.8, 4) is 0 Å². The first-order valence-corrected chi connectivity index (χ1v) is 11.5. The first-order valence-electron chi connectivity index (χ1n) is 10.2. The van der Waals surface area contributed by atoms with Gasteiger partial charge in [-0.15, -0.1) is 0 Å². The number of hydrogen-bond acceptors (Lipinski definition) is 6. The molecule has 8 heteroatoms. The second-order valence-electron chi connectivity index (χ2n) is 6.88. The fraction of sp³-hybridized carbons (Fsp3) is 0.895. The quantitative estimate of drug-likeness (QED) is 0.326. The third-order valence-corrected chi connectivity index (χ3v) is 5.15. The molecule has 0 aliphatic rings. The van der Waals surface area contributed by atoms with Crippen molar-refractivity contribution < 1.29 is 31.5 Å². The largest absolute Gasteiger partial charge is 0.481 e. The minimum atomic E-state index is -4.46. The fourth-order valence-electron chi connectivity index (χ4n) is 2.74. The molecule has 0 aliphatic heterocycles. The topological polar surface area (TPSA) is 107 Å². The van der Waals surface area contributed by atoms with E-state index in [1.54, 1.807) is 0 Å². The van der Waals surface area contributed by atoms with E-state index < -0.39 is 41.3 Å². The summed E-state index contributed by atoms with van der Waals surface area (Å²) in [5.74, 6) is -2.30. The average molecular weight is 409 g/mol. The lowest BCUT2D eigenvalue weighted by molar-refractivity contribution is -0.142. The van der Waals surface area contributed by atoms with Gasteiger partial charge in [-0.1, -0.05) is 78.1 Å². The molecule has 0 aliphatic carbocycles. The molecule has 0 aromatic carbocycles. The average Bonchev–Trinajstić information content (AvgIpc) is 2.58. The predicted molar refractivity (Wildman–Crippen MR) is 104 cm³/mol. The Balaban J connectivity index is 4.38. The molecule has 1 atom stereocenters. The van der Waals surface area contributed by atoms with Gasteiger partial charge in [-0.3, -0.25) is 9.59 Å². The maximum Gasteiger partial charge on any atom is 0.451 e. The zero-order valence-electron chi connectivity index (χ0n) is 16.8. The van der Waals surface area contributed by atoms with Gasteiger partial charge in [0.15, 0.2) is 0 Å². The molecule has 0 spiro atoms. The van der Waals surface area contributed by atoms with E-state index in [-0.39, 0.29) is 0 Å². The standard InChI is InChI=1S/C19H36O7S/c1-3-5-7-8-9-10-12-14-17(13-11-6-4-2)25-27(23,24)26-19(22)16-15-18(20)21/h17H,3-16H2,1-2H3,(H,20,21). The summed E-state index contributed by atoms with van der Waals surface area (Å²) in [6, 6.07) is 0. The van der Waals surface area contributed by atoms with Gasteiger partial charge in [-0.25, -0.2) is 4.18 Å². The Morgan fingerprint density at radius 1 is 0.815 bits per heavy atom. The van der Waals surface area contributed by atoms with Gasteiger partial charge in [0.1, 0.15) is 0 Å². The summed E-state index contributed by atoms with van der Waals surface area (Å²) < 4.78 is 33.3. The minimum absolute atomic E-state index is 0.480. The SMILES string of the molecule is CCCCCCCCCC(CCCCC)OS(=O)(=O)OC(=O)CCC(=O)O. The Morgan fingerprint density at radius 3 is 1.85 bits per heavy atom. The highest BCUT2D eigenvalue weighted by molar-refractivity contribution is 7.82. The molecule has 0 aromatic heterocycles. The van der Waals surface area contributed by atoms with Gasteiger partial charge >= 0.3 is 22.3 Å². The van der Waals surface area contributed by atoms with E-state index in [9.17, 15) is 18.0 Å². The molecule has 0 aromatic rings. The molecule has 0 saturated carbocycles. The Labute approximate surface area is 164 Å². The lowest BCUT2D eigenvalue weighted by Crippen LogP contribution is -2.23. The smallest absolute Gasteiger partial charge is 0.451 e. The molecule has 0 saturated heterocycles. The first kappa shape index (κ1) is 25.9. The first-order chi connectivity index (χ1) is 12.8. The summed E-state index contributed by atoms with van der Waals surface area (Å²) in [4.78, 5) is 21.9. The van der Waals surface area contributed by atoms with Crippen molar-refractivity contribution in [2.24, 2.45) is 0 Å². The van der Waals surface area contributed by atoms with Crippen LogP contribution in [0, 0.1) is 0 Å². The summed E-state index contributed by atoms with van der Waals surface area (Å²) in [7, 11) is -4.46. The van der Waals surface area contributed by atoms with Gasteiger partial charge in [0, 0.05) is 0 Å². The summed E-state index contributed by atoms with van der Waals surface area (Å²) >= 11 is 0. The van der Waals surface area contributed by atoms with Gasteiger partial charge in [-0.05, 0) is 12.8 Å². The maximum atomic E-state index is 11.9. The Bertz CT molecular complexity index is 502. The van der Waals surface area contributed by atoms with Crippen LogP contribution in [0.5, 0.6) is 0 Å². The van der Waals surface area contributed by atoms with Gasteiger partial charge in [0.2, 0.25) is 0 Å². The number of rotatable bonds is 18. The molecule has 7 nitrogen and oxygen atoms in total. The number of unbranched alkanes of at least 4 members (excludes halogenated alkanes) is 8. The fourth-order valence-corrected chi connectivity index (χ4v) is 3.62. The van der Waals surface area contributed by atoms with Gasteiger partial charge < -0.3 is 9.29 Å². The van der Waals surface area contributed by atoms with E-state index in [0.29, 0.717) is 12.8 Å². The van der Waals surface area contributed by atoms with Crippen LogP contribution < -0.4 is 0 Å². The number of carboxylic acids is 1. The molecule has 0 heterocycles. The molecule has 1 unspecified atom stereocenters. The molecule has 0 rings (SSSR count). The molecule has 0 amide bonds. The van der Waals surface area contributed by atoms with E-state index in [0.717, 1.165) is 38.5 Å². The summed E-state index contributed by atoms with van der Waals surface area (Å²) in [6.45, 7) is 4.24. The van der Waals surface area contributed by atoms with E-state index in [1.165, 1.54) is 25.7 Å². The van der Waals surface area contributed by atoms with Crippen LogP contribution in [0.15, 0.2) is 0 Å². The summed E-state index contributed by atoms with van der Waals surface area (Å²) in [5, 5.41) is 8.53. The molecular weight excluding hydrogens is 372 g/mol. The third kappa shape index (κ3) is 16.7. The minimum Gasteiger partial charge on any atom is -0.481 e. The molecule has 0 radical (unpaired) electrons. The van der Waals surface area contributed by atoms with E-state index in [2.05, 4.69) is 18.0 Å². The normalized spacial score (nSPS) is 12.7. The van der Waals surface area contributed by atoms with Gasteiger partial charge in [0.05, 0.1) is 18.9 Å². The third-order valence-electron chi connectivity index (χ3n) is 4.25. The van der Waals surface area contributed by atoms with Crippen molar-refractivity contribution in [1.82, 2.24) is 0 Å². The number of carbonyl (C=O) groups is 2. The molecule has 0 fully saturated rings. The van der Waals surface area contributed by atoms with Crippen LogP contribution in [-0.4, -0.2) is 31.6 Å². The second kappa shape index (κ2) is 15.9. The second-order valence-corrected chi connectivity index (χ2v) is 8.06. The zero-order chi connectivity index (χ0) is 20.5. The van der Waals surface area contributed by atoms with Crippen LogP contribution in [0.2, 0.25) is 0 Å². The van der Waals surface area contributed by atoms with Crippen molar-refractivity contribution in [3.05, 3.63) is 0 Å². The van der Waals surface area contributed by atoms with Crippen molar-refractivity contribution in [3.63, 3.8) is 0 Å². The van der Waals surface area contributed by atoms with Crippen LogP contribution in [-0.2, 0) is 28.4 Å². The number of carbonyl (C=O) groups excluding carboxylic acids is 1. The highest BCUT2D eigenvalue weighted by Gasteiger charge is 2.24. The highest BCUT2D eigenvalue weighted by Crippen LogP contribution is 2.18. The van der Waals surface area contributed by atoms with Crippen LogP contribution in [0.4, 0.5) is 0 Å². The summed E-state index contributed by atoms with van der Waals surface area (Å²) in [5.41, 5.74) is 0. The van der Waals surface area contributed by atoms with Gasteiger partial charge in [0.25, 0.3) is 0 Å². The van der Waals surface area contributed by atoms with Crippen LogP contribution in [0.1, 0.15) is 104 Å². The van der Waals surface area contributed by atoms with Gasteiger partial charge in [-0.2, -0.15) is 8.42 Å². The molecule has 160 valence electrons. The van der Waals surface area contributed by atoms with Crippen LogP contribution in [0.3, 0.4) is 0 Å². The lowest BCUT2D eigenvalue weighted by Gasteiger charge is -2.17. The van der Waals surface area contributed by atoms with Crippen molar-refractivity contribution >= 4 is 22.3 Å². The monoisotopic (exact) mass is 408 g/mol. The Hall–Kier alpha value is -1.15. The molecule has 0 bridgehead atoms. The Morgan fingerprint density at radius 2 is 1.30 bits per heavy atom. The van der Waals surface area contributed by atoms with Crippen molar-refractivity contribution in [2.75, 3.05) is 0 Å². The van der Waals surface area contributed by atoms with E-state index >= 15 is 0 Å². The van der Waals surface area contributed by atoms with Crippen molar-refractivity contribution in [1.29, 1.82) is 0 Å². The number of aliphatic carboxylic acids is 1. The van der Waals surface area contributed by atoms with E-state index in [4.69, 9.17) is 9.29 Å². The van der Waals surface area contributed by atoms with Crippen LogP contribution >= 0.6 is 0 Å². The van der Waals surface area contributed by atoms with Crippen molar-refractivity contribution in [2.45, 2.75) is 110 Å². The molecular formula is C19H36O7S. The predicted octanol–water partition coefficient (Wildman–Crippen LogP) is 4.75. The number of carboxylic acid groups (broad SMARTS) is 1. The Kier molecular flexibility index (Phi) is 15.2. The van der Waals surface area contributed by atoms with E-state index in [1.807, 2.05) is 0 Å². The van der Waals surface area contributed by atoms with Crippen LogP contribution in [0.25, 0.3) is 0 Å².